The lowest BCUT2D eigenvalue weighted by molar-refractivity contribution is -0.136. The van der Waals surface area contributed by atoms with E-state index in [9.17, 15) is 4.79 Å². The molecule has 2 fully saturated rings. The van der Waals surface area contributed by atoms with Gasteiger partial charge >= 0.3 is 0 Å². The number of fused-ring (bicyclic) bond motifs is 1. The van der Waals surface area contributed by atoms with Crippen LogP contribution in [-0.2, 0) is 11.2 Å². The average molecular weight is 392 g/mol. The lowest BCUT2D eigenvalue weighted by Crippen LogP contribution is -2.49. The van der Waals surface area contributed by atoms with E-state index in [1.54, 1.807) is 0 Å². The molecule has 1 saturated carbocycles. The molecule has 1 saturated heterocycles. The number of benzene rings is 2. The first kappa shape index (κ1) is 18.5. The highest BCUT2D eigenvalue weighted by Crippen LogP contribution is 2.51. The summed E-state index contributed by atoms with van der Waals surface area (Å²) < 4.78 is 11.3. The first-order valence-corrected chi connectivity index (χ1v) is 10.7. The molecule has 2 aromatic carbocycles. The van der Waals surface area contributed by atoms with Gasteiger partial charge in [-0.1, -0.05) is 37.3 Å². The Labute approximate surface area is 172 Å². The maximum atomic E-state index is 13.4. The van der Waals surface area contributed by atoms with Crippen LogP contribution in [0.4, 0.5) is 0 Å². The summed E-state index contributed by atoms with van der Waals surface area (Å²) in [5.74, 6) is 2.27. The van der Waals surface area contributed by atoms with E-state index in [4.69, 9.17) is 9.47 Å². The maximum Gasteiger partial charge on any atom is 0.226 e. The van der Waals surface area contributed by atoms with Crippen molar-refractivity contribution in [2.75, 3.05) is 32.8 Å². The third-order valence-electron chi connectivity index (χ3n) is 6.40. The van der Waals surface area contributed by atoms with Crippen LogP contribution in [0.2, 0.25) is 0 Å². The molecule has 152 valence electrons. The summed E-state index contributed by atoms with van der Waals surface area (Å²) in [5.41, 5.74) is 3.74. The number of amides is 1. The van der Waals surface area contributed by atoms with Crippen LogP contribution in [0.5, 0.6) is 11.5 Å². The van der Waals surface area contributed by atoms with Crippen molar-refractivity contribution in [1.82, 2.24) is 10.2 Å². The Bertz CT molecular complexity index is 895. The summed E-state index contributed by atoms with van der Waals surface area (Å²) in [5, 5.41) is 3.46. The molecule has 2 aliphatic heterocycles. The zero-order valence-electron chi connectivity index (χ0n) is 16.9. The Kier molecular flexibility index (Phi) is 4.92. The number of carbonyl (C=O) groups is 1. The molecule has 5 nitrogen and oxygen atoms in total. The number of hydrogen-bond donors (Lipinski definition) is 1. The van der Waals surface area contributed by atoms with Gasteiger partial charge in [-0.15, -0.1) is 0 Å². The van der Waals surface area contributed by atoms with Gasteiger partial charge < -0.3 is 19.7 Å². The van der Waals surface area contributed by atoms with Crippen LogP contribution in [0.15, 0.2) is 42.5 Å². The molecule has 29 heavy (non-hydrogen) atoms. The van der Waals surface area contributed by atoms with Crippen LogP contribution >= 0.6 is 0 Å². The molecule has 0 aromatic heterocycles. The zero-order valence-corrected chi connectivity index (χ0v) is 16.9. The molecule has 3 unspecified atom stereocenters. The quantitative estimate of drug-likeness (QED) is 0.868. The van der Waals surface area contributed by atoms with Gasteiger partial charge in [-0.25, -0.2) is 0 Å². The summed E-state index contributed by atoms with van der Waals surface area (Å²) in [6, 6.07) is 15.0. The van der Waals surface area contributed by atoms with Gasteiger partial charge in [0.2, 0.25) is 5.91 Å². The van der Waals surface area contributed by atoms with E-state index in [2.05, 4.69) is 53.5 Å². The summed E-state index contributed by atoms with van der Waals surface area (Å²) in [4.78, 5) is 15.5. The van der Waals surface area contributed by atoms with Crippen LogP contribution in [-0.4, -0.2) is 43.7 Å². The largest absolute Gasteiger partial charge is 0.486 e. The van der Waals surface area contributed by atoms with Crippen molar-refractivity contribution in [2.24, 2.45) is 5.92 Å². The van der Waals surface area contributed by atoms with Crippen molar-refractivity contribution in [2.45, 2.75) is 31.7 Å². The molecule has 1 aliphatic carbocycles. The molecule has 2 heterocycles. The molecule has 1 amide bonds. The van der Waals surface area contributed by atoms with Crippen LogP contribution < -0.4 is 14.8 Å². The molecule has 2 aromatic rings. The van der Waals surface area contributed by atoms with Gasteiger partial charge in [0.1, 0.15) is 13.2 Å². The van der Waals surface area contributed by atoms with Gasteiger partial charge in [0.15, 0.2) is 11.5 Å². The van der Waals surface area contributed by atoms with Crippen LogP contribution in [0.25, 0.3) is 0 Å². The van der Waals surface area contributed by atoms with E-state index in [0.717, 1.165) is 44.0 Å². The van der Waals surface area contributed by atoms with Crippen molar-refractivity contribution in [3.05, 3.63) is 59.2 Å². The number of carbonyl (C=O) groups excluding carboxylic acids is 1. The molecule has 5 rings (SSSR count). The van der Waals surface area contributed by atoms with E-state index >= 15 is 0 Å². The number of aryl methyl sites for hydroxylation is 1. The van der Waals surface area contributed by atoms with E-state index in [-0.39, 0.29) is 23.8 Å². The van der Waals surface area contributed by atoms with E-state index < -0.39 is 0 Å². The third-order valence-corrected chi connectivity index (χ3v) is 6.40. The topological polar surface area (TPSA) is 50.8 Å². The van der Waals surface area contributed by atoms with E-state index in [1.807, 2.05) is 6.07 Å². The van der Waals surface area contributed by atoms with E-state index in [0.29, 0.717) is 13.2 Å². The second-order valence-corrected chi connectivity index (χ2v) is 8.20. The molecule has 0 spiro atoms. The Hall–Kier alpha value is -2.53. The van der Waals surface area contributed by atoms with Crippen molar-refractivity contribution >= 4 is 5.91 Å². The Morgan fingerprint density at radius 2 is 1.83 bits per heavy atom. The average Bonchev–Trinajstić information content (AvgIpc) is 3.59. The summed E-state index contributed by atoms with van der Waals surface area (Å²) in [6.45, 7) is 5.79. The Balaban J connectivity index is 1.31. The van der Waals surface area contributed by atoms with Crippen molar-refractivity contribution in [1.29, 1.82) is 0 Å². The minimum atomic E-state index is 0.0769. The lowest BCUT2D eigenvalue weighted by Gasteiger charge is -2.37. The van der Waals surface area contributed by atoms with Crippen molar-refractivity contribution in [3.8, 4) is 11.5 Å². The maximum absolute atomic E-state index is 13.4. The number of hydrogen-bond acceptors (Lipinski definition) is 4. The highest BCUT2D eigenvalue weighted by atomic mass is 16.6. The fourth-order valence-electron chi connectivity index (χ4n) is 4.58. The normalized spacial score (nSPS) is 25.6. The second-order valence-electron chi connectivity index (χ2n) is 8.20. The predicted molar refractivity (Wildman–Crippen MR) is 111 cm³/mol. The first-order valence-electron chi connectivity index (χ1n) is 10.7. The Morgan fingerprint density at radius 1 is 1.07 bits per heavy atom. The van der Waals surface area contributed by atoms with Gasteiger partial charge in [0, 0.05) is 25.6 Å². The number of rotatable bonds is 4. The summed E-state index contributed by atoms with van der Waals surface area (Å²) in [6.07, 6.45) is 1.95. The second kappa shape index (κ2) is 7.71. The van der Waals surface area contributed by atoms with Gasteiger partial charge in [0.05, 0.1) is 6.04 Å². The summed E-state index contributed by atoms with van der Waals surface area (Å²) >= 11 is 0. The minimum absolute atomic E-state index is 0.0769. The fraction of sp³-hybridized carbons (Fsp3) is 0.458. The van der Waals surface area contributed by atoms with Crippen LogP contribution in [0.1, 0.15) is 42.0 Å². The number of piperazine rings is 1. The van der Waals surface area contributed by atoms with Gasteiger partial charge in [-0.3, -0.25) is 4.79 Å². The Morgan fingerprint density at radius 3 is 2.62 bits per heavy atom. The smallest absolute Gasteiger partial charge is 0.226 e. The minimum Gasteiger partial charge on any atom is -0.486 e. The van der Waals surface area contributed by atoms with E-state index in [1.165, 1.54) is 16.7 Å². The van der Waals surface area contributed by atoms with Crippen molar-refractivity contribution < 1.29 is 14.3 Å². The highest BCUT2D eigenvalue weighted by molar-refractivity contribution is 5.83. The standard InChI is InChI=1S/C24H28N2O3/c1-2-16-3-5-17(6-4-16)21-15-25-9-10-26(21)24(27)20-14-19(20)18-7-8-22-23(13-18)29-12-11-28-22/h3-8,13,19-21,25H,2,9-12,14-15H2,1H3. The molecule has 5 heteroatoms. The zero-order chi connectivity index (χ0) is 19.8. The number of ether oxygens (including phenoxy) is 2. The molecular formula is C24H28N2O3. The highest BCUT2D eigenvalue weighted by Gasteiger charge is 2.47. The molecule has 0 radical (unpaired) electrons. The monoisotopic (exact) mass is 392 g/mol. The number of nitrogens with zero attached hydrogens (tertiary/aromatic N) is 1. The molecule has 0 bridgehead atoms. The van der Waals surface area contributed by atoms with Crippen LogP contribution in [0, 0.1) is 5.92 Å². The molecule has 3 atom stereocenters. The van der Waals surface area contributed by atoms with Gasteiger partial charge in [0.25, 0.3) is 0 Å². The van der Waals surface area contributed by atoms with Crippen LogP contribution in [0.3, 0.4) is 0 Å². The van der Waals surface area contributed by atoms with Gasteiger partial charge in [-0.05, 0) is 47.6 Å². The molecular weight excluding hydrogens is 364 g/mol. The molecule has 1 N–H and O–H groups in total. The van der Waals surface area contributed by atoms with Gasteiger partial charge in [-0.2, -0.15) is 0 Å². The SMILES string of the molecule is CCc1ccc(C2CNCCN2C(=O)C2CC2c2ccc3c(c2)OCCO3)cc1. The summed E-state index contributed by atoms with van der Waals surface area (Å²) in [7, 11) is 0. The molecule has 3 aliphatic rings. The lowest BCUT2D eigenvalue weighted by atomic mass is 10.00. The number of nitrogens with one attached hydrogen (secondary N) is 1. The predicted octanol–water partition coefficient (Wildman–Crippen LogP) is 3.30. The van der Waals surface area contributed by atoms with Crippen molar-refractivity contribution in [3.63, 3.8) is 0 Å². The first-order chi connectivity index (χ1) is 14.2. The third kappa shape index (κ3) is 3.60. The fourth-order valence-corrected chi connectivity index (χ4v) is 4.58.